The van der Waals surface area contributed by atoms with E-state index in [1.165, 1.54) is 20.9 Å². The van der Waals surface area contributed by atoms with Gasteiger partial charge in [-0.25, -0.2) is 0 Å². The standard InChI is InChI=1S/C19H23BO2S/c1-7-16-13(2)8-9-14-10-11-15(12-17(14)23-16)20-21-18(3,4)19(5,6)22-20/h7-12H,1H2,2-6H3. The summed E-state index contributed by atoms with van der Waals surface area (Å²) in [4.78, 5) is 2.39. The molecule has 0 spiro atoms. The van der Waals surface area contributed by atoms with E-state index in [-0.39, 0.29) is 18.3 Å². The lowest BCUT2D eigenvalue weighted by Crippen LogP contribution is -2.41. The van der Waals surface area contributed by atoms with Crippen molar-refractivity contribution in [3.63, 3.8) is 0 Å². The second-order valence-electron chi connectivity index (χ2n) is 7.07. The summed E-state index contributed by atoms with van der Waals surface area (Å²) in [6, 6.07) is 6.41. The van der Waals surface area contributed by atoms with Crippen molar-refractivity contribution >= 4 is 30.4 Å². The Hall–Kier alpha value is -1.23. The van der Waals surface area contributed by atoms with Crippen molar-refractivity contribution in [1.82, 2.24) is 0 Å². The Kier molecular flexibility index (Phi) is 4.12. The molecule has 1 aromatic rings. The molecule has 0 radical (unpaired) electrons. The number of rotatable bonds is 2. The minimum Gasteiger partial charge on any atom is -0.399 e. The highest BCUT2D eigenvalue weighted by Gasteiger charge is 2.51. The molecular weight excluding hydrogens is 303 g/mol. The minimum absolute atomic E-state index is 0.319. The molecule has 0 aromatic heterocycles. The quantitative estimate of drug-likeness (QED) is 0.742. The number of benzene rings is 1. The first kappa shape index (κ1) is 16.6. The van der Waals surface area contributed by atoms with Crippen LogP contribution in [0.25, 0.3) is 6.08 Å². The van der Waals surface area contributed by atoms with Gasteiger partial charge in [-0.3, -0.25) is 0 Å². The number of fused-ring (bicyclic) bond motifs is 1. The lowest BCUT2D eigenvalue weighted by molar-refractivity contribution is 0.00578. The molecule has 1 aromatic carbocycles. The van der Waals surface area contributed by atoms with Gasteiger partial charge in [-0.15, -0.1) is 0 Å². The molecule has 2 aliphatic heterocycles. The molecule has 2 nitrogen and oxygen atoms in total. The van der Waals surface area contributed by atoms with Crippen LogP contribution in [0.1, 0.15) is 40.2 Å². The van der Waals surface area contributed by atoms with E-state index in [0.29, 0.717) is 0 Å². The Morgan fingerprint density at radius 2 is 1.74 bits per heavy atom. The summed E-state index contributed by atoms with van der Waals surface area (Å²) in [6.07, 6.45) is 6.22. The molecule has 1 fully saturated rings. The molecule has 23 heavy (non-hydrogen) atoms. The van der Waals surface area contributed by atoms with Crippen molar-refractivity contribution in [3.05, 3.63) is 53.0 Å². The van der Waals surface area contributed by atoms with Gasteiger partial charge in [0.2, 0.25) is 0 Å². The van der Waals surface area contributed by atoms with E-state index in [9.17, 15) is 0 Å². The van der Waals surface area contributed by atoms with Crippen LogP contribution >= 0.6 is 11.8 Å². The maximum Gasteiger partial charge on any atom is 0.494 e. The summed E-state index contributed by atoms with van der Waals surface area (Å²) in [5.74, 6) is 0. The van der Waals surface area contributed by atoms with Crippen molar-refractivity contribution in [2.75, 3.05) is 0 Å². The zero-order valence-electron chi connectivity index (χ0n) is 14.5. The highest BCUT2D eigenvalue weighted by Crippen LogP contribution is 2.38. The third-order valence-electron chi connectivity index (χ3n) is 4.87. The molecule has 0 N–H and O–H groups in total. The molecule has 3 rings (SSSR count). The monoisotopic (exact) mass is 326 g/mol. The Morgan fingerprint density at radius 1 is 1.09 bits per heavy atom. The third kappa shape index (κ3) is 2.96. The molecule has 0 bridgehead atoms. The predicted octanol–water partition coefficient (Wildman–Crippen LogP) is 4.56. The number of thioether (sulfide) groups is 1. The maximum absolute atomic E-state index is 6.16. The van der Waals surface area contributed by atoms with Gasteiger partial charge in [0.1, 0.15) is 0 Å². The highest BCUT2D eigenvalue weighted by molar-refractivity contribution is 8.03. The number of hydrogen-bond donors (Lipinski definition) is 0. The van der Waals surface area contributed by atoms with Crippen LogP contribution in [0.3, 0.4) is 0 Å². The lowest BCUT2D eigenvalue weighted by atomic mass is 9.79. The molecular formula is C19H23BO2S. The van der Waals surface area contributed by atoms with E-state index >= 15 is 0 Å². The summed E-state index contributed by atoms with van der Waals surface area (Å²) >= 11 is 1.75. The maximum atomic E-state index is 6.16. The van der Waals surface area contributed by atoms with Gasteiger partial charge in [-0.2, -0.15) is 0 Å². The van der Waals surface area contributed by atoms with Crippen LogP contribution in [-0.4, -0.2) is 18.3 Å². The first-order chi connectivity index (χ1) is 10.7. The fourth-order valence-corrected chi connectivity index (χ4v) is 3.60. The molecule has 0 saturated carbocycles. The smallest absolute Gasteiger partial charge is 0.399 e. The van der Waals surface area contributed by atoms with Crippen molar-refractivity contribution in [1.29, 1.82) is 0 Å². The van der Waals surface area contributed by atoms with Crippen LogP contribution in [0.15, 0.2) is 52.3 Å². The van der Waals surface area contributed by atoms with Crippen molar-refractivity contribution in [2.24, 2.45) is 0 Å². The van der Waals surface area contributed by atoms with Crippen molar-refractivity contribution in [3.8, 4) is 0 Å². The zero-order valence-corrected chi connectivity index (χ0v) is 15.3. The average Bonchev–Trinajstić information content (AvgIpc) is 2.62. The molecule has 2 aliphatic rings. The minimum atomic E-state index is -0.324. The Labute approximate surface area is 143 Å². The Balaban J connectivity index is 1.95. The molecule has 0 unspecified atom stereocenters. The molecule has 0 aliphatic carbocycles. The van der Waals surface area contributed by atoms with Gasteiger partial charge >= 0.3 is 7.12 Å². The SMILES string of the molecule is C=CC1=C(C)C=Cc2ccc(B3OC(C)(C)C(C)(C)O3)cc2S1. The van der Waals surface area contributed by atoms with Gasteiger partial charge in [0.15, 0.2) is 0 Å². The van der Waals surface area contributed by atoms with Gasteiger partial charge in [0.25, 0.3) is 0 Å². The van der Waals surface area contributed by atoms with Crippen LogP contribution in [0.5, 0.6) is 0 Å². The van der Waals surface area contributed by atoms with E-state index in [0.717, 1.165) is 5.46 Å². The molecule has 0 amide bonds. The normalized spacial score (nSPS) is 22.0. The molecule has 1 saturated heterocycles. The summed E-state index contributed by atoms with van der Waals surface area (Å²) in [6.45, 7) is 14.4. The van der Waals surface area contributed by atoms with Crippen molar-refractivity contribution in [2.45, 2.75) is 50.7 Å². The average molecular weight is 326 g/mol. The second-order valence-corrected chi connectivity index (χ2v) is 8.16. The number of hydrogen-bond acceptors (Lipinski definition) is 3. The second kappa shape index (κ2) is 5.69. The van der Waals surface area contributed by atoms with Crippen LogP contribution in [0.2, 0.25) is 0 Å². The van der Waals surface area contributed by atoms with Crippen LogP contribution in [0.4, 0.5) is 0 Å². The Bertz CT molecular complexity index is 700. The fraction of sp³-hybridized carbons (Fsp3) is 0.368. The zero-order chi connectivity index (χ0) is 16.8. The summed E-state index contributed by atoms with van der Waals surface area (Å²) in [5.41, 5.74) is 2.87. The van der Waals surface area contributed by atoms with Gasteiger partial charge in [-0.05, 0) is 57.3 Å². The topological polar surface area (TPSA) is 18.5 Å². The Morgan fingerprint density at radius 3 is 2.35 bits per heavy atom. The lowest BCUT2D eigenvalue weighted by Gasteiger charge is -2.32. The molecule has 2 heterocycles. The van der Waals surface area contributed by atoms with E-state index in [2.05, 4.69) is 71.5 Å². The molecule has 4 heteroatoms. The van der Waals surface area contributed by atoms with Crippen LogP contribution in [0, 0.1) is 0 Å². The third-order valence-corrected chi connectivity index (χ3v) is 6.15. The highest BCUT2D eigenvalue weighted by atomic mass is 32.2. The number of allylic oxidation sites excluding steroid dienone is 3. The first-order valence-corrected chi connectivity index (χ1v) is 8.74. The van der Waals surface area contributed by atoms with E-state index in [1.54, 1.807) is 11.8 Å². The molecule has 0 atom stereocenters. The van der Waals surface area contributed by atoms with Gasteiger partial charge < -0.3 is 9.31 Å². The van der Waals surface area contributed by atoms with E-state index < -0.39 is 0 Å². The van der Waals surface area contributed by atoms with Crippen molar-refractivity contribution < 1.29 is 9.31 Å². The predicted molar refractivity (Wildman–Crippen MR) is 99.9 cm³/mol. The summed E-state index contributed by atoms with van der Waals surface area (Å²) in [7, 11) is -0.324. The largest absolute Gasteiger partial charge is 0.494 e. The van der Waals surface area contributed by atoms with Gasteiger partial charge in [0, 0.05) is 9.80 Å². The molecule has 120 valence electrons. The van der Waals surface area contributed by atoms with Gasteiger partial charge in [-0.1, -0.05) is 48.7 Å². The van der Waals surface area contributed by atoms with Crippen LogP contribution < -0.4 is 5.46 Å². The van der Waals surface area contributed by atoms with E-state index in [4.69, 9.17) is 9.31 Å². The summed E-state index contributed by atoms with van der Waals surface area (Å²) in [5, 5.41) is 0. The summed E-state index contributed by atoms with van der Waals surface area (Å²) < 4.78 is 12.3. The first-order valence-electron chi connectivity index (χ1n) is 7.92. The fourth-order valence-electron chi connectivity index (χ4n) is 2.60. The van der Waals surface area contributed by atoms with Crippen LogP contribution in [-0.2, 0) is 9.31 Å². The van der Waals surface area contributed by atoms with Gasteiger partial charge in [0.05, 0.1) is 11.2 Å². The van der Waals surface area contributed by atoms with E-state index in [1.807, 2.05) is 6.08 Å².